The second-order valence-corrected chi connectivity index (χ2v) is 6.39. The lowest BCUT2D eigenvalue weighted by atomic mass is 9.66. The molecule has 0 spiro atoms. The first-order valence-corrected chi connectivity index (χ1v) is 7.96. The van der Waals surface area contributed by atoms with E-state index in [0.29, 0.717) is 12.8 Å². The number of carbonyl (C=O) groups excluding carboxylic acids is 1. The van der Waals surface area contributed by atoms with Crippen LogP contribution in [0, 0.1) is 5.41 Å². The molecule has 1 aliphatic rings. The first kappa shape index (κ1) is 19.1. The fourth-order valence-corrected chi connectivity index (χ4v) is 2.79. The summed E-state index contributed by atoms with van der Waals surface area (Å²) < 4.78 is 43.8. The first-order valence-electron chi connectivity index (χ1n) is 7.96. The normalized spacial score (nSPS) is 17.3. The minimum absolute atomic E-state index is 0.133. The molecule has 1 fully saturated rings. The lowest BCUT2D eigenvalue weighted by Crippen LogP contribution is -2.45. The van der Waals surface area contributed by atoms with Crippen molar-refractivity contribution in [2.45, 2.75) is 44.8 Å². The van der Waals surface area contributed by atoms with E-state index < -0.39 is 35.1 Å². The van der Waals surface area contributed by atoms with Gasteiger partial charge in [-0.15, -0.1) is 0 Å². The number of hydrogen-bond donors (Lipinski definition) is 2. The van der Waals surface area contributed by atoms with Crippen LogP contribution < -0.4 is 10.1 Å². The topological polar surface area (TPSA) is 75.6 Å². The van der Waals surface area contributed by atoms with Crippen LogP contribution in [0.3, 0.4) is 0 Å². The third-order valence-electron chi connectivity index (χ3n) is 4.35. The van der Waals surface area contributed by atoms with Gasteiger partial charge in [0.1, 0.15) is 12.4 Å². The largest absolute Gasteiger partial charge is 0.491 e. The molecule has 138 valence electrons. The molecule has 0 aliphatic heterocycles. The van der Waals surface area contributed by atoms with Crippen LogP contribution in [0.5, 0.6) is 5.75 Å². The van der Waals surface area contributed by atoms with Gasteiger partial charge in [0.25, 0.3) is 0 Å². The van der Waals surface area contributed by atoms with E-state index in [1.807, 2.05) is 0 Å². The average Bonchev–Trinajstić information content (AvgIpc) is 2.48. The zero-order valence-corrected chi connectivity index (χ0v) is 13.7. The highest BCUT2D eigenvalue weighted by atomic mass is 19.4. The molecule has 0 aromatic heterocycles. The summed E-state index contributed by atoms with van der Waals surface area (Å²) in [5.74, 6) is -1.74. The fourth-order valence-electron chi connectivity index (χ4n) is 2.79. The van der Waals surface area contributed by atoms with E-state index in [0.717, 1.165) is 12.5 Å². The van der Waals surface area contributed by atoms with Gasteiger partial charge in [-0.3, -0.25) is 9.59 Å². The summed E-state index contributed by atoms with van der Waals surface area (Å²) in [6.45, 7) is 1.43. The molecule has 0 radical (unpaired) electrons. The molecule has 1 aliphatic carbocycles. The Hall–Kier alpha value is -2.25. The fraction of sp³-hybridized carbons (Fsp3) is 0.529. The SMILES string of the molecule is CC(COc1ccccc1C(F)(F)F)NC(=O)CC1(C(=O)O)CCC1. The van der Waals surface area contributed by atoms with Gasteiger partial charge >= 0.3 is 12.1 Å². The van der Waals surface area contributed by atoms with E-state index in [1.54, 1.807) is 6.92 Å². The number of halogens is 3. The van der Waals surface area contributed by atoms with E-state index in [1.165, 1.54) is 18.2 Å². The Morgan fingerprint density at radius 2 is 1.96 bits per heavy atom. The number of amides is 1. The molecular formula is C17H20F3NO4. The second kappa shape index (κ2) is 7.33. The Bertz CT molecular complexity index is 641. The van der Waals surface area contributed by atoms with E-state index in [-0.39, 0.29) is 18.8 Å². The summed E-state index contributed by atoms with van der Waals surface area (Å²) in [4.78, 5) is 23.2. The second-order valence-electron chi connectivity index (χ2n) is 6.39. The van der Waals surface area contributed by atoms with Crippen molar-refractivity contribution in [3.8, 4) is 5.75 Å². The average molecular weight is 359 g/mol. The number of benzene rings is 1. The molecule has 0 saturated heterocycles. The highest BCUT2D eigenvalue weighted by molar-refractivity contribution is 5.85. The summed E-state index contributed by atoms with van der Waals surface area (Å²) in [5.41, 5.74) is -1.89. The minimum Gasteiger partial charge on any atom is -0.491 e. The molecule has 0 heterocycles. The molecule has 1 unspecified atom stereocenters. The monoisotopic (exact) mass is 359 g/mol. The molecule has 1 atom stereocenters. The van der Waals surface area contributed by atoms with Crippen LogP contribution in [-0.2, 0) is 15.8 Å². The van der Waals surface area contributed by atoms with Crippen LogP contribution >= 0.6 is 0 Å². The molecule has 2 rings (SSSR count). The number of ether oxygens (including phenoxy) is 1. The number of rotatable bonds is 7. The number of carboxylic acid groups (broad SMARTS) is 1. The van der Waals surface area contributed by atoms with Gasteiger partial charge in [-0.05, 0) is 31.9 Å². The molecule has 1 aromatic rings. The number of alkyl halides is 3. The minimum atomic E-state index is -4.53. The van der Waals surface area contributed by atoms with Crippen molar-refractivity contribution in [2.24, 2.45) is 5.41 Å². The molecule has 25 heavy (non-hydrogen) atoms. The molecule has 1 amide bonds. The number of nitrogens with one attached hydrogen (secondary N) is 1. The summed E-state index contributed by atoms with van der Waals surface area (Å²) in [5, 5.41) is 11.8. The van der Waals surface area contributed by atoms with Crippen LogP contribution in [0.1, 0.15) is 38.2 Å². The third-order valence-corrected chi connectivity index (χ3v) is 4.35. The van der Waals surface area contributed by atoms with Gasteiger partial charge in [-0.25, -0.2) is 0 Å². The number of carbonyl (C=O) groups is 2. The van der Waals surface area contributed by atoms with Crippen molar-refractivity contribution in [3.05, 3.63) is 29.8 Å². The Labute approximate surface area is 143 Å². The lowest BCUT2D eigenvalue weighted by Gasteiger charge is -2.37. The molecule has 5 nitrogen and oxygen atoms in total. The van der Waals surface area contributed by atoms with Crippen molar-refractivity contribution in [1.82, 2.24) is 5.32 Å². The van der Waals surface area contributed by atoms with Crippen molar-refractivity contribution in [1.29, 1.82) is 0 Å². The van der Waals surface area contributed by atoms with Crippen molar-refractivity contribution in [3.63, 3.8) is 0 Å². The number of carboxylic acids is 1. The smallest absolute Gasteiger partial charge is 0.419 e. The van der Waals surface area contributed by atoms with Crippen LogP contribution in [0.15, 0.2) is 24.3 Å². The summed E-state index contributed by atoms with van der Waals surface area (Å²) >= 11 is 0. The molecule has 2 N–H and O–H groups in total. The van der Waals surface area contributed by atoms with Crippen molar-refractivity contribution in [2.75, 3.05) is 6.61 Å². The summed E-state index contributed by atoms with van der Waals surface area (Å²) in [6, 6.07) is 4.28. The highest BCUT2D eigenvalue weighted by Gasteiger charge is 2.46. The van der Waals surface area contributed by atoms with E-state index in [9.17, 15) is 27.9 Å². The van der Waals surface area contributed by atoms with Crippen LogP contribution in [0.2, 0.25) is 0 Å². The van der Waals surface area contributed by atoms with Gasteiger partial charge in [0, 0.05) is 6.42 Å². The van der Waals surface area contributed by atoms with Gasteiger partial charge in [0.15, 0.2) is 0 Å². The predicted molar refractivity (Wildman–Crippen MR) is 83.1 cm³/mol. The maximum absolute atomic E-state index is 12.9. The zero-order chi connectivity index (χ0) is 18.7. The zero-order valence-electron chi connectivity index (χ0n) is 13.7. The van der Waals surface area contributed by atoms with Crippen LogP contribution in [-0.4, -0.2) is 29.6 Å². The number of aliphatic carboxylic acids is 1. The predicted octanol–water partition coefficient (Wildman–Crippen LogP) is 3.23. The molecule has 1 saturated carbocycles. The highest BCUT2D eigenvalue weighted by Crippen LogP contribution is 2.44. The number of hydrogen-bond acceptors (Lipinski definition) is 3. The summed E-state index contributed by atoms with van der Waals surface area (Å²) in [6.07, 6.45) is -2.97. The number of para-hydroxylation sites is 1. The van der Waals surface area contributed by atoms with Gasteiger partial charge in [-0.1, -0.05) is 18.6 Å². The first-order chi connectivity index (χ1) is 11.6. The molecule has 0 bridgehead atoms. The van der Waals surface area contributed by atoms with E-state index in [2.05, 4.69) is 5.32 Å². The third kappa shape index (κ3) is 4.64. The van der Waals surface area contributed by atoms with Gasteiger partial charge in [0.05, 0.1) is 17.0 Å². The maximum Gasteiger partial charge on any atom is 0.419 e. The van der Waals surface area contributed by atoms with Crippen LogP contribution in [0.4, 0.5) is 13.2 Å². The van der Waals surface area contributed by atoms with Gasteiger partial charge in [0.2, 0.25) is 5.91 Å². The van der Waals surface area contributed by atoms with Crippen LogP contribution in [0.25, 0.3) is 0 Å². The summed E-state index contributed by atoms with van der Waals surface area (Å²) in [7, 11) is 0. The molecular weight excluding hydrogens is 339 g/mol. The standard InChI is InChI=1S/C17H20F3NO4/c1-11(21-14(22)9-16(15(23)24)7-4-8-16)10-25-13-6-3-2-5-12(13)17(18,19)20/h2-3,5-6,11H,4,7-10H2,1H3,(H,21,22)(H,23,24). The van der Waals surface area contributed by atoms with E-state index >= 15 is 0 Å². The van der Waals surface area contributed by atoms with Gasteiger partial charge < -0.3 is 15.2 Å². The Morgan fingerprint density at radius 3 is 2.48 bits per heavy atom. The molecule has 8 heteroatoms. The van der Waals surface area contributed by atoms with Gasteiger partial charge in [-0.2, -0.15) is 13.2 Å². The Kier molecular flexibility index (Phi) is 5.59. The Balaban J connectivity index is 1.88. The quantitative estimate of drug-likeness (QED) is 0.784. The van der Waals surface area contributed by atoms with E-state index in [4.69, 9.17) is 4.74 Å². The Morgan fingerprint density at radius 1 is 1.32 bits per heavy atom. The van der Waals surface area contributed by atoms with Crippen molar-refractivity contribution < 1.29 is 32.6 Å². The van der Waals surface area contributed by atoms with Crippen molar-refractivity contribution >= 4 is 11.9 Å². The molecule has 1 aromatic carbocycles. The maximum atomic E-state index is 12.9. The lowest BCUT2D eigenvalue weighted by molar-refractivity contribution is -0.157.